The number of hydrogen-bond donors (Lipinski definition) is 1. The maximum absolute atomic E-state index is 14.1. The van der Waals surface area contributed by atoms with Crippen LogP contribution in [0.2, 0.25) is 5.02 Å². The van der Waals surface area contributed by atoms with E-state index in [0.717, 1.165) is 16.4 Å². The summed E-state index contributed by atoms with van der Waals surface area (Å²) in [4.78, 5) is 0. The third kappa shape index (κ3) is 1.94. The summed E-state index contributed by atoms with van der Waals surface area (Å²) in [6, 6.07) is 15.2. The molecule has 1 N–H and O–H groups in total. The number of para-hydroxylation sites is 1. The van der Waals surface area contributed by atoms with Gasteiger partial charge in [-0.2, -0.15) is 0 Å². The smallest absolute Gasteiger partial charge is 0.139 e. The van der Waals surface area contributed by atoms with Gasteiger partial charge in [0, 0.05) is 33.0 Å². The molecule has 4 rings (SSSR count). The average Bonchev–Trinajstić information content (AvgIpc) is 2.84. The largest absolute Gasteiger partial charge is 0.507 e. The standard InChI is InChI=1S/C18H10ClFO2/c19-10-5-6-11(15(20)7-10)13-8-14-12-3-1-2-4-17(12)22-18(14)9-16(13)21/h1-9,21H. The molecule has 0 atom stereocenters. The number of furan rings is 1. The van der Waals surface area contributed by atoms with Gasteiger partial charge < -0.3 is 9.52 Å². The Morgan fingerprint density at radius 1 is 0.864 bits per heavy atom. The fraction of sp³-hybridized carbons (Fsp3) is 0. The second kappa shape index (κ2) is 4.75. The Kier molecular flexibility index (Phi) is 2.84. The van der Waals surface area contributed by atoms with E-state index in [1.807, 2.05) is 24.3 Å². The van der Waals surface area contributed by atoms with Gasteiger partial charge in [0.25, 0.3) is 0 Å². The second-order valence-electron chi connectivity index (χ2n) is 5.09. The molecule has 0 aliphatic heterocycles. The van der Waals surface area contributed by atoms with Crippen molar-refractivity contribution in [3.63, 3.8) is 0 Å². The predicted molar refractivity (Wildman–Crippen MR) is 85.8 cm³/mol. The molecule has 0 saturated carbocycles. The maximum Gasteiger partial charge on any atom is 0.139 e. The molecule has 0 aliphatic carbocycles. The van der Waals surface area contributed by atoms with E-state index >= 15 is 0 Å². The van der Waals surface area contributed by atoms with E-state index in [0.29, 0.717) is 21.7 Å². The number of fused-ring (bicyclic) bond motifs is 3. The lowest BCUT2D eigenvalue weighted by molar-refractivity contribution is 0.476. The average molecular weight is 313 g/mol. The van der Waals surface area contributed by atoms with E-state index in [2.05, 4.69) is 0 Å². The van der Waals surface area contributed by atoms with E-state index in [4.69, 9.17) is 16.0 Å². The van der Waals surface area contributed by atoms with Gasteiger partial charge in [-0.25, -0.2) is 4.39 Å². The van der Waals surface area contributed by atoms with Crippen LogP contribution in [0.3, 0.4) is 0 Å². The molecule has 0 spiro atoms. The van der Waals surface area contributed by atoms with Crippen molar-refractivity contribution in [3.05, 3.63) is 65.4 Å². The maximum atomic E-state index is 14.1. The molecule has 2 nitrogen and oxygen atoms in total. The van der Waals surface area contributed by atoms with Gasteiger partial charge in [-0.05, 0) is 30.3 Å². The molecule has 0 saturated heterocycles. The summed E-state index contributed by atoms with van der Waals surface area (Å²) in [6.45, 7) is 0. The topological polar surface area (TPSA) is 33.4 Å². The van der Waals surface area contributed by atoms with E-state index < -0.39 is 5.82 Å². The van der Waals surface area contributed by atoms with Crippen LogP contribution in [-0.2, 0) is 0 Å². The third-order valence-corrected chi connectivity index (χ3v) is 3.95. The van der Waals surface area contributed by atoms with Gasteiger partial charge in [-0.3, -0.25) is 0 Å². The molecule has 3 aromatic carbocycles. The number of aromatic hydroxyl groups is 1. The van der Waals surface area contributed by atoms with Crippen LogP contribution in [0.5, 0.6) is 5.75 Å². The van der Waals surface area contributed by atoms with Crippen LogP contribution < -0.4 is 0 Å². The Balaban J connectivity index is 2.05. The monoisotopic (exact) mass is 312 g/mol. The highest BCUT2D eigenvalue weighted by Crippen LogP contribution is 2.39. The first kappa shape index (κ1) is 13.2. The quantitative estimate of drug-likeness (QED) is 0.485. The fourth-order valence-corrected chi connectivity index (χ4v) is 2.84. The summed E-state index contributed by atoms with van der Waals surface area (Å²) < 4.78 is 19.8. The molecule has 1 aromatic heterocycles. The van der Waals surface area contributed by atoms with Crippen LogP contribution in [0, 0.1) is 5.82 Å². The van der Waals surface area contributed by atoms with Gasteiger partial charge in [0.1, 0.15) is 22.7 Å². The third-order valence-electron chi connectivity index (χ3n) is 3.72. The van der Waals surface area contributed by atoms with Crippen LogP contribution >= 0.6 is 11.6 Å². The molecule has 0 fully saturated rings. The lowest BCUT2D eigenvalue weighted by Gasteiger charge is -2.07. The van der Waals surface area contributed by atoms with Gasteiger partial charge in [-0.1, -0.05) is 29.8 Å². The minimum Gasteiger partial charge on any atom is -0.507 e. The minimum atomic E-state index is -0.477. The Bertz CT molecular complexity index is 1020. The molecule has 0 amide bonds. The van der Waals surface area contributed by atoms with E-state index in [-0.39, 0.29) is 5.75 Å². The van der Waals surface area contributed by atoms with Crippen molar-refractivity contribution in [2.75, 3.05) is 0 Å². The zero-order chi connectivity index (χ0) is 15.3. The van der Waals surface area contributed by atoms with Crippen molar-refractivity contribution in [1.82, 2.24) is 0 Å². The summed E-state index contributed by atoms with van der Waals surface area (Å²) in [7, 11) is 0. The molecule has 108 valence electrons. The molecular formula is C18H10ClFO2. The molecule has 4 aromatic rings. The summed E-state index contributed by atoms with van der Waals surface area (Å²) in [6.07, 6.45) is 0. The highest BCUT2D eigenvalue weighted by atomic mass is 35.5. The number of phenolic OH excluding ortho intramolecular Hbond substituents is 1. The molecule has 0 bridgehead atoms. The van der Waals surface area contributed by atoms with Crippen molar-refractivity contribution in [1.29, 1.82) is 0 Å². The van der Waals surface area contributed by atoms with Gasteiger partial charge >= 0.3 is 0 Å². The van der Waals surface area contributed by atoms with Crippen LogP contribution in [0.1, 0.15) is 0 Å². The second-order valence-corrected chi connectivity index (χ2v) is 5.52. The number of rotatable bonds is 1. The number of benzene rings is 3. The van der Waals surface area contributed by atoms with Gasteiger partial charge in [0.05, 0.1) is 0 Å². The first-order valence-electron chi connectivity index (χ1n) is 6.73. The lowest BCUT2D eigenvalue weighted by Crippen LogP contribution is -1.85. The minimum absolute atomic E-state index is 0.0345. The lowest BCUT2D eigenvalue weighted by atomic mass is 10.0. The molecule has 1 heterocycles. The predicted octanol–water partition coefficient (Wildman–Crippen LogP) is 5.75. The number of halogens is 2. The summed E-state index contributed by atoms with van der Waals surface area (Å²) in [5.74, 6) is -0.511. The molecule has 0 unspecified atom stereocenters. The zero-order valence-electron chi connectivity index (χ0n) is 11.3. The van der Waals surface area contributed by atoms with Gasteiger partial charge in [0.2, 0.25) is 0 Å². The summed E-state index contributed by atoms with van der Waals surface area (Å²) in [5.41, 5.74) is 2.00. The highest BCUT2D eigenvalue weighted by molar-refractivity contribution is 6.30. The van der Waals surface area contributed by atoms with Crippen molar-refractivity contribution >= 4 is 33.5 Å². The molecular weight excluding hydrogens is 303 g/mol. The van der Waals surface area contributed by atoms with E-state index in [9.17, 15) is 9.50 Å². The van der Waals surface area contributed by atoms with Crippen molar-refractivity contribution in [2.45, 2.75) is 0 Å². The van der Waals surface area contributed by atoms with Gasteiger partial charge in [0.15, 0.2) is 0 Å². The van der Waals surface area contributed by atoms with Crippen molar-refractivity contribution < 1.29 is 13.9 Å². The molecule has 0 radical (unpaired) electrons. The highest BCUT2D eigenvalue weighted by Gasteiger charge is 2.15. The number of hydrogen-bond acceptors (Lipinski definition) is 2. The Labute approximate surface area is 130 Å². The summed E-state index contributed by atoms with van der Waals surface area (Å²) >= 11 is 5.78. The van der Waals surface area contributed by atoms with Crippen molar-refractivity contribution in [2.24, 2.45) is 0 Å². The fourth-order valence-electron chi connectivity index (χ4n) is 2.68. The van der Waals surface area contributed by atoms with Crippen molar-refractivity contribution in [3.8, 4) is 16.9 Å². The van der Waals surface area contributed by atoms with Gasteiger partial charge in [-0.15, -0.1) is 0 Å². The van der Waals surface area contributed by atoms with Crippen LogP contribution in [0.15, 0.2) is 59.0 Å². The molecule has 0 aliphatic rings. The Morgan fingerprint density at radius 2 is 1.68 bits per heavy atom. The van der Waals surface area contributed by atoms with Crippen LogP contribution in [0.4, 0.5) is 4.39 Å². The normalized spacial score (nSPS) is 11.4. The Hall–Kier alpha value is -2.52. The van der Waals surface area contributed by atoms with E-state index in [1.165, 1.54) is 12.1 Å². The molecule has 22 heavy (non-hydrogen) atoms. The van der Waals surface area contributed by atoms with Crippen LogP contribution in [-0.4, -0.2) is 5.11 Å². The molecule has 4 heteroatoms. The SMILES string of the molecule is Oc1cc2oc3ccccc3c2cc1-c1ccc(Cl)cc1F. The Morgan fingerprint density at radius 3 is 2.50 bits per heavy atom. The van der Waals surface area contributed by atoms with E-state index in [1.54, 1.807) is 18.2 Å². The first-order valence-corrected chi connectivity index (χ1v) is 7.11. The summed E-state index contributed by atoms with van der Waals surface area (Å²) in [5, 5.41) is 12.3. The van der Waals surface area contributed by atoms with Crippen LogP contribution in [0.25, 0.3) is 33.1 Å². The zero-order valence-corrected chi connectivity index (χ0v) is 12.1. The number of phenols is 1. The first-order chi connectivity index (χ1) is 10.6.